The van der Waals surface area contributed by atoms with E-state index >= 15 is 0 Å². The lowest BCUT2D eigenvalue weighted by Crippen LogP contribution is -2.47. The molecule has 1 N–H and O–H groups in total. The second-order valence-electron chi connectivity index (χ2n) is 8.43. The minimum Gasteiger partial charge on any atom is -0.365 e. The van der Waals surface area contributed by atoms with Gasteiger partial charge in [-0.3, -0.25) is 4.79 Å². The number of aromatic nitrogens is 1. The molecule has 2 aliphatic heterocycles. The normalized spacial score (nSPS) is 19.4. The highest BCUT2D eigenvalue weighted by atomic mass is 32.1. The lowest BCUT2D eigenvalue weighted by atomic mass is 9.83. The summed E-state index contributed by atoms with van der Waals surface area (Å²) in [6.07, 6.45) is 2.28. The summed E-state index contributed by atoms with van der Waals surface area (Å²) < 4.78 is 20.0. The molecule has 5 nitrogen and oxygen atoms in total. The number of nitrogens with zero attached hydrogens (tertiary/aromatic N) is 2. The molecule has 156 valence electrons. The number of fused-ring (bicyclic) bond motifs is 2. The maximum Gasteiger partial charge on any atom is 0.224 e. The number of amides is 1. The molecule has 1 amide bonds. The van der Waals surface area contributed by atoms with E-state index in [-0.39, 0.29) is 29.3 Å². The lowest BCUT2D eigenvalue weighted by Gasteiger charge is -2.40. The molecule has 2 aromatic rings. The fraction of sp³-hybridized carbons (Fsp3) is 0.545. The van der Waals surface area contributed by atoms with Crippen LogP contribution in [0.2, 0.25) is 0 Å². The number of hydrogen-bond donors (Lipinski definition) is 1. The third-order valence-corrected chi connectivity index (χ3v) is 6.59. The summed E-state index contributed by atoms with van der Waals surface area (Å²) in [6, 6.07) is 5.10. The van der Waals surface area contributed by atoms with Crippen molar-refractivity contribution in [2.24, 2.45) is 5.92 Å². The van der Waals surface area contributed by atoms with Crippen molar-refractivity contribution in [1.29, 1.82) is 0 Å². The van der Waals surface area contributed by atoms with Crippen LogP contribution in [-0.4, -0.2) is 41.5 Å². The van der Waals surface area contributed by atoms with Gasteiger partial charge in [0.15, 0.2) is 0 Å². The number of carbonyl (C=O) groups is 1. The first-order valence-electron chi connectivity index (χ1n) is 10.3. The van der Waals surface area contributed by atoms with E-state index in [1.165, 1.54) is 6.07 Å². The van der Waals surface area contributed by atoms with Crippen LogP contribution in [0.25, 0.3) is 0 Å². The number of halogens is 1. The number of benzene rings is 1. The van der Waals surface area contributed by atoms with Gasteiger partial charge in [-0.15, -0.1) is 11.3 Å². The Morgan fingerprint density at radius 2 is 2.17 bits per heavy atom. The van der Waals surface area contributed by atoms with Gasteiger partial charge in [-0.1, -0.05) is 6.07 Å². The highest BCUT2D eigenvalue weighted by molar-refractivity contribution is 7.07. The van der Waals surface area contributed by atoms with Gasteiger partial charge in [-0.05, 0) is 49.9 Å². The third-order valence-electron chi connectivity index (χ3n) is 5.95. The second-order valence-corrected chi connectivity index (χ2v) is 9.15. The van der Waals surface area contributed by atoms with Crippen LogP contribution in [-0.2, 0) is 28.2 Å². The smallest absolute Gasteiger partial charge is 0.224 e. The molecule has 2 aliphatic rings. The van der Waals surface area contributed by atoms with Crippen molar-refractivity contribution in [2.45, 2.75) is 51.4 Å². The summed E-state index contributed by atoms with van der Waals surface area (Å²) in [5.74, 6) is -0.259. The van der Waals surface area contributed by atoms with Gasteiger partial charge < -0.3 is 15.0 Å². The van der Waals surface area contributed by atoms with Crippen molar-refractivity contribution < 1.29 is 13.9 Å². The van der Waals surface area contributed by atoms with Crippen molar-refractivity contribution in [3.05, 3.63) is 51.7 Å². The summed E-state index contributed by atoms with van der Waals surface area (Å²) >= 11 is 1.56. The molecule has 7 heteroatoms. The van der Waals surface area contributed by atoms with E-state index in [1.54, 1.807) is 17.4 Å². The number of ether oxygens (including phenoxy) is 1. The van der Waals surface area contributed by atoms with Gasteiger partial charge in [0, 0.05) is 37.5 Å². The SMILES string of the molecule is CC(C)NC(=O)C(Cc1cscn1)CN1CCC2(CC1)OCc1ccc(F)cc12. The lowest BCUT2D eigenvalue weighted by molar-refractivity contribution is -0.127. The van der Waals surface area contributed by atoms with Crippen LogP contribution in [0.1, 0.15) is 43.5 Å². The van der Waals surface area contributed by atoms with Crippen LogP contribution in [0.5, 0.6) is 0 Å². The molecule has 0 bridgehead atoms. The topological polar surface area (TPSA) is 54.5 Å². The summed E-state index contributed by atoms with van der Waals surface area (Å²) in [5.41, 5.74) is 4.51. The zero-order valence-electron chi connectivity index (χ0n) is 17.0. The van der Waals surface area contributed by atoms with E-state index in [2.05, 4.69) is 15.2 Å². The van der Waals surface area contributed by atoms with E-state index in [4.69, 9.17) is 4.74 Å². The molecule has 1 spiro atoms. The van der Waals surface area contributed by atoms with Gasteiger partial charge in [-0.25, -0.2) is 9.37 Å². The molecule has 3 heterocycles. The number of piperidine rings is 1. The number of hydrogen-bond acceptors (Lipinski definition) is 5. The van der Waals surface area contributed by atoms with Crippen molar-refractivity contribution in [3.63, 3.8) is 0 Å². The fourth-order valence-corrected chi connectivity index (χ4v) is 5.02. The van der Waals surface area contributed by atoms with Crippen LogP contribution in [0.3, 0.4) is 0 Å². The van der Waals surface area contributed by atoms with E-state index in [9.17, 15) is 9.18 Å². The first-order chi connectivity index (χ1) is 13.9. The minimum atomic E-state index is -0.376. The van der Waals surface area contributed by atoms with Gasteiger partial charge in [0.25, 0.3) is 0 Å². The first-order valence-corrected chi connectivity index (χ1v) is 11.2. The molecular formula is C22H28FN3O2S. The molecule has 29 heavy (non-hydrogen) atoms. The number of likely N-dealkylation sites (tertiary alicyclic amines) is 1. The standard InChI is InChI=1S/C22H28FN3O2S/c1-15(2)25-21(27)17(9-19-13-29-14-24-19)11-26-7-5-22(6-8-26)20-10-18(23)4-3-16(20)12-28-22/h3-4,10,13-15,17H,5-9,11-12H2,1-2H3,(H,25,27). The quantitative estimate of drug-likeness (QED) is 0.782. The van der Waals surface area contributed by atoms with E-state index in [0.717, 1.165) is 42.8 Å². The first kappa shape index (κ1) is 20.4. The molecule has 1 atom stereocenters. The Morgan fingerprint density at radius 3 is 2.86 bits per heavy atom. The van der Waals surface area contributed by atoms with Gasteiger partial charge >= 0.3 is 0 Å². The Morgan fingerprint density at radius 1 is 1.38 bits per heavy atom. The molecule has 1 saturated heterocycles. The zero-order valence-corrected chi connectivity index (χ0v) is 17.8. The number of rotatable bonds is 6. The molecule has 4 rings (SSSR count). The highest BCUT2D eigenvalue weighted by Crippen LogP contribution is 2.44. The van der Waals surface area contributed by atoms with Crippen LogP contribution in [0.15, 0.2) is 29.1 Å². The van der Waals surface area contributed by atoms with Crippen molar-refractivity contribution in [3.8, 4) is 0 Å². The molecule has 1 aromatic heterocycles. The van der Waals surface area contributed by atoms with Gasteiger partial charge in [0.2, 0.25) is 5.91 Å². The summed E-state index contributed by atoms with van der Waals surface area (Å²) in [5, 5.41) is 5.07. The van der Waals surface area contributed by atoms with Crippen LogP contribution >= 0.6 is 11.3 Å². The summed E-state index contributed by atoms with van der Waals surface area (Å²) in [6.45, 7) is 6.88. The molecule has 0 aliphatic carbocycles. The predicted molar refractivity (Wildman–Crippen MR) is 111 cm³/mol. The zero-order chi connectivity index (χ0) is 20.4. The van der Waals surface area contributed by atoms with Crippen molar-refractivity contribution >= 4 is 17.2 Å². The van der Waals surface area contributed by atoms with Gasteiger partial charge in [0.05, 0.1) is 29.3 Å². The van der Waals surface area contributed by atoms with Crippen LogP contribution in [0, 0.1) is 11.7 Å². The number of nitrogens with one attached hydrogen (secondary N) is 1. The number of carbonyl (C=O) groups excluding carboxylic acids is 1. The summed E-state index contributed by atoms with van der Waals surface area (Å²) in [4.78, 5) is 19.5. The predicted octanol–water partition coefficient (Wildman–Crippen LogP) is 3.49. The number of thiazole rings is 1. The van der Waals surface area contributed by atoms with Crippen LogP contribution < -0.4 is 5.32 Å². The monoisotopic (exact) mass is 417 g/mol. The Balaban J connectivity index is 1.42. The third kappa shape index (κ3) is 4.52. The Labute approximate surface area is 175 Å². The fourth-order valence-electron chi connectivity index (χ4n) is 4.45. The van der Waals surface area contributed by atoms with Crippen molar-refractivity contribution in [1.82, 2.24) is 15.2 Å². The Kier molecular flexibility index (Phi) is 5.99. The highest BCUT2D eigenvalue weighted by Gasteiger charge is 2.43. The largest absolute Gasteiger partial charge is 0.365 e. The Bertz CT molecular complexity index is 848. The maximum atomic E-state index is 13.8. The second kappa shape index (κ2) is 8.50. The molecule has 1 fully saturated rings. The molecule has 1 aromatic carbocycles. The molecular weight excluding hydrogens is 389 g/mol. The van der Waals surface area contributed by atoms with Gasteiger partial charge in [-0.2, -0.15) is 0 Å². The Hall–Kier alpha value is -1.83. The molecule has 0 radical (unpaired) electrons. The van der Waals surface area contributed by atoms with Crippen molar-refractivity contribution in [2.75, 3.05) is 19.6 Å². The maximum absolute atomic E-state index is 13.8. The van der Waals surface area contributed by atoms with Gasteiger partial charge in [0.1, 0.15) is 5.82 Å². The molecule has 1 unspecified atom stereocenters. The average Bonchev–Trinajstić information content (AvgIpc) is 3.31. The average molecular weight is 418 g/mol. The van der Waals surface area contributed by atoms with E-state index < -0.39 is 0 Å². The summed E-state index contributed by atoms with van der Waals surface area (Å²) in [7, 11) is 0. The van der Waals surface area contributed by atoms with Crippen LogP contribution in [0.4, 0.5) is 4.39 Å². The molecule has 0 saturated carbocycles. The van der Waals surface area contributed by atoms with E-state index in [0.29, 0.717) is 19.6 Å². The minimum absolute atomic E-state index is 0.0813. The van der Waals surface area contributed by atoms with E-state index in [1.807, 2.05) is 30.8 Å².